The number of carbonyl (C=O) groups is 3. The maximum atomic E-state index is 12.5. The van der Waals surface area contributed by atoms with Gasteiger partial charge in [0.15, 0.2) is 0 Å². The first-order valence-electron chi connectivity index (χ1n) is 24.1. The molecule has 3 aliphatic rings. The molecule has 0 spiro atoms. The highest BCUT2D eigenvalue weighted by Crippen LogP contribution is 2.30. The lowest BCUT2D eigenvalue weighted by molar-refractivity contribution is -0.385. The van der Waals surface area contributed by atoms with Gasteiger partial charge in [-0.2, -0.15) is 0 Å². The molecule has 21 nitrogen and oxygen atoms in total. The van der Waals surface area contributed by atoms with E-state index < -0.39 is 26.7 Å². The first-order chi connectivity index (χ1) is 35.9. The van der Waals surface area contributed by atoms with Crippen LogP contribution in [0.4, 0.5) is 44.8 Å². The second-order valence-electron chi connectivity index (χ2n) is 19.4. The van der Waals surface area contributed by atoms with Gasteiger partial charge in [0.2, 0.25) is 16.8 Å². The number of aliphatic carboxylic acids is 2. The number of carboxylic acids is 2. The summed E-state index contributed by atoms with van der Waals surface area (Å²) in [6.45, 7) is 14.6. The number of allylic oxidation sites excluding steroid dienone is 1. The summed E-state index contributed by atoms with van der Waals surface area (Å²) in [6.07, 6.45) is 14.4. The summed E-state index contributed by atoms with van der Waals surface area (Å²) >= 11 is 5.37. The lowest BCUT2D eigenvalue weighted by Gasteiger charge is -2.26. The van der Waals surface area contributed by atoms with Crippen LogP contribution < -0.4 is 20.9 Å². The number of benzene rings is 2. The highest BCUT2D eigenvalue weighted by Gasteiger charge is 2.26. The van der Waals surface area contributed by atoms with Crippen LogP contribution in [0.25, 0.3) is 0 Å². The van der Waals surface area contributed by atoms with Gasteiger partial charge in [0, 0.05) is 92.5 Å². The van der Waals surface area contributed by atoms with Crippen molar-refractivity contribution in [3.63, 3.8) is 0 Å². The van der Waals surface area contributed by atoms with Crippen molar-refractivity contribution in [2.24, 2.45) is 0 Å². The van der Waals surface area contributed by atoms with Gasteiger partial charge in [-0.15, -0.1) is 12.4 Å². The first-order valence-corrected chi connectivity index (χ1v) is 24.5. The zero-order valence-corrected chi connectivity index (χ0v) is 45.6. The molecule has 3 aromatic heterocycles. The third-order valence-corrected chi connectivity index (χ3v) is 12.1. The van der Waals surface area contributed by atoms with Gasteiger partial charge in [-0.25, -0.2) is 24.5 Å². The fraction of sp³-hybridized carbons (Fsp3) is 0.357. The molecule has 0 saturated carbocycles. The van der Waals surface area contributed by atoms with E-state index in [-0.39, 0.29) is 78.2 Å². The van der Waals surface area contributed by atoms with Crippen LogP contribution in [-0.4, -0.2) is 84.0 Å². The molecule has 5 heterocycles. The van der Waals surface area contributed by atoms with Crippen LogP contribution in [-0.2, 0) is 25.2 Å². The second kappa shape index (κ2) is 33.8. The Morgan fingerprint density at radius 2 is 1.01 bits per heavy atom. The number of rotatable bonds is 9. The van der Waals surface area contributed by atoms with Crippen molar-refractivity contribution in [3.05, 3.63) is 185 Å². The van der Waals surface area contributed by atoms with Crippen LogP contribution in [0, 0.1) is 30.3 Å². The number of amides is 1. The number of anilines is 4. The van der Waals surface area contributed by atoms with E-state index >= 15 is 0 Å². The molecule has 0 fully saturated rings. The summed E-state index contributed by atoms with van der Waals surface area (Å²) < 4.78 is 0. The third-order valence-electron chi connectivity index (χ3n) is 11.8. The van der Waals surface area contributed by atoms with Crippen LogP contribution in [0.2, 0.25) is 5.15 Å². The minimum Gasteiger partial charge on any atom is -0.478 e. The number of nitrogen functional groups attached to an aromatic ring is 1. The van der Waals surface area contributed by atoms with Crippen LogP contribution in [0.15, 0.2) is 138 Å². The van der Waals surface area contributed by atoms with Gasteiger partial charge < -0.3 is 31.1 Å². The average Bonchev–Trinajstić information content (AvgIpc) is 3.39. The van der Waals surface area contributed by atoms with E-state index in [0.29, 0.717) is 61.6 Å². The Hall–Kier alpha value is -8.37. The molecule has 8 rings (SSSR count). The summed E-state index contributed by atoms with van der Waals surface area (Å²) in [5.74, 6) is -1.21. The second-order valence-corrected chi connectivity index (χ2v) is 19.7. The number of carbonyl (C=O) groups excluding carboxylic acids is 1. The normalized spacial score (nSPS) is 13.3. The smallest absolute Gasteiger partial charge is 0.331 e. The Morgan fingerprint density at radius 1 is 0.613 bits per heavy atom. The molecule has 1 amide bonds. The molecule has 2 aromatic carbocycles. The van der Waals surface area contributed by atoms with Gasteiger partial charge in [-0.05, 0) is 103 Å². The van der Waals surface area contributed by atoms with E-state index in [0.717, 1.165) is 37.1 Å². The molecule has 80 heavy (non-hydrogen) atoms. The summed E-state index contributed by atoms with van der Waals surface area (Å²) in [5, 5.41) is 52.3. The van der Waals surface area contributed by atoms with Crippen molar-refractivity contribution < 1.29 is 45.5 Å². The van der Waals surface area contributed by atoms with Gasteiger partial charge in [-0.3, -0.25) is 39.8 Å². The van der Waals surface area contributed by atoms with Crippen molar-refractivity contribution in [3.8, 4) is 0 Å². The fourth-order valence-corrected chi connectivity index (χ4v) is 7.66. The van der Waals surface area contributed by atoms with Gasteiger partial charge >= 0.3 is 29.0 Å². The molecule has 24 heteroatoms. The minimum atomic E-state index is -0.940. The van der Waals surface area contributed by atoms with Crippen LogP contribution in [0.5, 0.6) is 0 Å². The van der Waals surface area contributed by atoms with Crippen molar-refractivity contribution >= 4 is 81.9 Å². The number of halogens is 3. The molecule has 1 aliphatic carbocycles. The lowest BCUT2D eigenvalue weighted by atomic mass is 9.87. The van der Waals surface area contributed by atoms with E-state index in [9.17, 15) is 44.7 Å². The van der Waals surface area contributed by atoms with Gasteiger partial charge in [0.25, 0.3) is 5.91 Å². The number of hydrogen-bond acceptors (Lipinski definition) is 15. The van der Waals surface area contributed by atoms with Gasteiger partial charge in [0.1, 0.15) is 0 Å². The molecule has 436 valence electrons. The Balaban J connectivity index is 0. The fourth-order valence-electron chi connectivity index (χ4n) is 7.47. The predicted octanol–water partition coefficient (Wildman–Crippen LogP) is 13.1. The standard InChI is InChI=1S/C21H24N4O3.C11H11N3O4.C10H15N.C7H10O2.C5H3ClN2O2.2CH4.ClH.FH.H2/c1-21(2,3)16-6-8-17(9-7-16)23-20(26)15-10-13-24(14-11-15)19-18(25(27)28)5-4-12-22-19;15-11(16)8-3-6-13(7-4-8)10-9(14(17)18)2-1-5-12-10;1-10(2,3)8-4-6-9(11)7-5-8;8-7(9)6-4-2-1-3-5-6;6-5-4(8(9)10)2-1-3-7-5;;;;;/h4-10,12H,11,13-14H2,1-3H3,(H,23,26);1-3,5H,4,6-7H2,(H,15,16);4-7H,11H2,1-3H3;4H,1-3,5H2,(H,8,9);1-3H;2*1H4;3*1H. The average molecular weight is 1150 g/mol. The van der Waals surface area contributed by atoms with Gasteiger partial charge in [-0.1, -0.05) is 110 Å². The molecule has 0 radical (unpaired) electrons. The summed E-state index contributed by atoms with van der Waals surface area (Å²) in [5.41, 5.74) is 11.3. The SMILES string of the molecule is C.C.CC(C)(C)c1ccc(N)cc1.CC(C)(C)c1ccc(NC(=O)C2=CCN(c3ncccc3[N+](=O)[O-])CC2)cc1.Cl.F.O=C(O)C1=CCCCC1.O=C(O)C1=CCN(c2ncccc2[N+](=O)[O-])CC1.O=[N+]([O-])c1cccnc1Cl.[HH]. The van der Waals surface area contributed by atoms with Crippen molar-refractivity contribution in [2.45, 2.75) is 106 Å². The quantitative estimate of drug-likeness (QED) is 0.0461. The lowest BCUT2D eigenvalue weighted by Crippen LogP contribution is -2.32. The van der Waals surface area contributed by atoms with E-state index in [2.05, 4.69) is 73.9 Å². The number of nitrogens with zero attached hydrogens (tertiary/aromatic N) is 8. The van der Waals surface area contributed by atoms with Crippen LogP contribution >= 0.6 is 24.0 Å². The number of hydrogen-bond donors (Lipinski definition) is 4. The first kappa shape index (κ1) is 71.6. The maximum absolute atomic E-state index is 12.5. The minimum absolute atomic E-state index is 0. The number of nitrogens with two attached hydrogens (primary N) is 1. The Kier molecular flexibility index (Phi) is 30.3. The molecule has 0 unspecified atom stereocenters. The zero-order valence-electron chi connectivity index (χ0n) is 44.0. The maximum Gasteiger partial charge on any atom is 0.331 e. The summed E-state index contributed by atoms with van der Waals surface area (Å²) in [7, 11) is 0. The Bertz CT molecular complexity index is 2960. The molecule has 0 bridgehead atoms. The zero-order chi connectivity index (χ0) is 56.2. The summed E-state index contributed by atoms with van der Waals surface area (Å²) in [4.78, 5) is 79.4. The van der Waals surface area contributed by atoms with Gasteiger partial charge in [0.05, 0.1) is 14.8 Å². The highest BCUT2D eigenvalue weighted by molar-refractivity contribution is 6.31. The number of aromatic nitrogens is 3. The Morgan fingerprint density at radius 3 is 1.35 bits per heavy atom. The highest BCUT2D eigenvalue weighted by atomic mass is 35.5. The molecule has 0 saturated heterocycles. The number of carboxylic acid groups (broad SMARTS) is 2. The van der Waals surface area contributed by atoms with Crippen molar-refractivity contribution in [1.29, 1.82) is 0 Å². The molecule has 5 aromatic rings. The molecular formula is C56H75Cl2FN10O11. The Labute approximate surface area is 478 Å². The topological polar surface area (TPSA) is 304 Å². The molecule has 2 aliphatic heterocycles. The van der Waals surface area contributed by atoms with E-state index in [4.69, 9.17) is 27.5 Å². The van der Waals surface area contributed by atoms with E-state index in [1.807, 2.05) is 47.4 Å². The van der Waals surface area contributed by atoms with E-state index in [1.165, 1.54) is 60.0 Å². The number of nitro groups is 3. The monoisotopic (exact) mass is 1150 g/mol. The summed E-state index contributed by atoms with van der Waals surface area (Å²) in [6, 6.07) is 24.5. The number of nitrogens with one attached hydrogen (secondary N) is 1. The predicted molar refractivity (Wildman–Crippen MR) is 318 cm³/mol. The van der Waals surface area contributed by atoms with Crippen LogP contribution in [0.1, 0.15) is 107 Å². The third kappa shape index (κ3) is 22.5. The molecular weight excluding hydrogens is 1080 g/mol. The van der Waals surface area contributed by atoms with E-state index in [1.54, 1.807) is 23.1 Å². The van der Waals surface area contributed by atoms with Crippen molar-refractivity contribution in [1.82, 2.24) is 15.0 Å². The number of pyridine rings is 3. The van der Waals surface area contributed by atoms with Crippen LogP contribution in [0.3, 0.4) is 0 Å². The molecule has 0 atom stereocenters. The van der Waals surface area contributed by atoms with Crippen molar-refractivity contribution in [2.75, 3.05) is 47.0 Å². The molecule has 5 N–H and O–H groups in total. The largest absolute Gasteiger partial charge is 0.478 e.